The van der Waals surface area contributed by atoms with E-state index in [0.717, 1.165) is 21.8 Å². The van der Waals surface area contributed by atoms with Crippen molar-refractivity contribution in [3.05, 3.63) is 46.2 Å². The van der Waals surface area contributed by atoms with Crippen LogP contribution in [0.25, 0.3) is 10.9 Å². The van der Waals surface area contributed by atoms with Gasteiger partial charge in [0, 0.05) is 21.6 Å². The topological polar surface area (TPSA) is 121 Å². The van der Waals surface area contributed by atoms with Crippen molar-refractivity contribution in [1.82, 2.24) is 14.7 Å². The first-order chi connectivity index (χ1) is 16.7. The number of sulfonamides is 1. The van der Waals surface area contributed by atoms with Crippen LogP contribution in [0.1, 0.15) is 0 Å². The van der Waals surface area contributed by atoms with Gasteiger partial charge in [-0.3, -0.25) is 0 Å². The van der Waals surface area contributed by atoms with Crippen molar-refractivity contribution >= 4 is 60.0 Å². The number of hydrogen-bond acceptors (Lipinski definition) is 9. The molecule has 0 bridgehead atoms. The Morgan fingerprint density at radius 1 is 1.11 bits per heavy atom. The average molecular weight is 586 g/mol. The highest BCUT2D eigenvalue weighted by molar-refractivity contribution is 9.10. The molecule has 0 aliphatic carbocycles. The number of anilines is 2. The van der Waals surface area contributed by atoms with E-state index in [1.807, 2.05) is 12.1 Å². The minimum atomic E-state index is -3.39. The third-order valence-corrected chi connectivity index (χ3v) is 7.72. The normalized spacial score (nSPS) is 23.9. The Hall–Kier alpha value is -2.22. The Labute approximate surface area is 215 Å². The van der Waals surface area contributed by atoms with Crippen molar-refractivity contribution in [2.75, 3.05) is 31.9 Å². The van der Waals surface area contributed by atoms with E-state index < -0.39 is 34.4 Å². The fourth-order valence-corrected chi connectivity index (χ4v) is 5.41. The third-order valence-electron chi connectivity index (χ3n) is 5.75. The first-order valence-corrected chi connectivity index (χ1v) is 13.7. The second-order valence-corrected chi connectivity index (χ2v) is 11.3. The summed E-state index contributed by atoms with van der Waals surface area (Å²) >= 11 is 9.60. The molecule has 186 valence electrons. The van der Waals surface area contributed by atoms with Gasteiger partial charge in [-0.2, -0.15) is 0 Å². The van der Waals surface area contributed by atoms with Gasteiger partial charge in [-0.05, 0) is 40.2 Å². The molecule has 0 saturated carbocycles. The first kappa shape index (κ1) is 24.5. The zero-order valence-corrected chi connectivity index (χ0v) is 21.9. The maximum Gasteiger partial charge on any atom is 0.209 e. The minimum Gasteiger partial charge on any atom is -0.493 e. The van der Waals surface area contributed by atoms with Crippen molar-refractivity contribution in [3.8, 4) is 11.5 Å². The Morgan fingerprint density at radius 3 is 2.66 bits per heavy atom. The van der Waals surface area contributed by atoms with Gasteiger partial charge in [0.15, 0.2) is 17.6 Å². The fraction of sp³-hybridized carbons (Fsp3) is 0.364. The molecule has 2 aromatic carbocycles. The summed E-state index contributed by atoms with van der Waals surface area (Å²) in [6, 6.07) is 8.61. The van der Waals surface area contributed by atoms with Crippen molar-refractivity contribution < 1.29 is 27.4 Å². The van der Waals surface area contributed by atoms with Crippen LogP contribution in [-0.4, -0.2) is 69.3 Å². The highest BCUT2D eigenvalue weighted by atomic mass is 79.9. The predicted octanol–water partition coefficient (Wildman–Crippen LogP) is 3.26. The van der Waals surface area contributed by atoms with E-state index in [1.165, 1.54) is 6.33 Å². The maximum atomic E-state index is 11.6. The molecule has 4 atom stereocenters. The lowest BCUT2D eigenvalue weighted by molar-refractivity contribution is 0.0294. The zero-order valence-electron chi connectivity index (χ0n) is 18.7. The summed E-state index contributed by atoms with van der Waals surface area (Å²) in [5.74, 6) is 1.53. The first-order valence-electron chi connectivity index (χ1n) is 10.6. The smallest absolute Gasteiger partial charge is 0.209 e. The molecule has 1 aromatic heterocycles. The van der Waals surface area contributed by atoms with E-state index in [4.69, 9.17) is 30.5 Å². The predicted molar refractivity (Wildman–Crippen MR) is 134 cm³/mol. The molecule has 2 saturated heterocycles. The van der Waals surface area contributed by atoms with Crippen LogP contribution in [0.15, 0.2) is 41.1 Å². The lowest BCUT2D eigenvalue weighted by Crippen LogP contribution is -2.44. The van der Waals surface area contributed by atoms with Gasteiger partial charge >= 0.3 is 0 Å². The standard InChI is InChI=1S/C22H22BrClN4O6S/c1-31-17-6-12-15(25-10-26-22(12)27-11-3-4-13(23)14(24)5-11)7-18(17)34-19-9-33-20-16(8-32-21(19)20)28-35(2,29)30/h3-7,10,16,19-21,28H,8-9H2,1-2H3,(H,25,26,27)/t16?,19-,20+,21+/m1/s1. The van der Waals surface area contributed by atoms with Gasteiger partial charge in [-0.25, -0.2) is 23.1 Å². The molecule has 0 spiro atoms. The lowest BCUT2D eigenvalue weighted by Gasteiger charge is -2.20. The van der Waals surface area contributed by atoms with Crippen LogP contribution in [0, 0.1) is 0 Å². The molecular formula is C22H22BrClN4O6S. The van der Waals surface area contributed by atoms with Gasteiger partial charge in [-0.15, -0.1) is 0 Å². The Morgan fingerprint density at radius 2 is 1.91 bits per heavy atom. The Kier molecular flexibility index (Phi) is 6.77. The number of benzene rings is 2. The Balaban J connectivity index is 1.39. The van der Waals surface area contributed by atoms with E-state index in [1.54, 1.807) is 25.3 Å². The van der Waals surface area contributed by atoms with E-state index in [2.05, 4.69) is 35.9 Å². The summed E-state index contributed by atoms with van der Waals surface area (Å²) in [4.78, 5) is 8.76. The van der Waals surface area contributed by atoms with E-state index in [9.17, 15) is 8.42 Å². The number of ether oxygens (including phenoxy) is 4. The monoisotopic (exact) mass is 584 g/mol. The molecule has 2 N–H and O–H groups in total. The van der Waals surface area contributed by atoms with Crippen LogP contribution in [0.5, 0.6) is 11.5 Å². The molecule has 35 heavy (non-hydrogen) atoms. The number of nitrogens with one attached hydrogen (secondary N) is 2. The van der Waals surface area contributed by atoms with E-state index in [-0.39, 0.29) is 13.2 Å². The maximum absolute atomic E-state index is 11.6. The summed E-state index contributed by atoms with van der Waals surface area (Å²) in [5.41, 5.74) is 1.41. The van der Waals surface area contributed by atoms with Gasteiger partial charge in [0.05, 0.1) is 43.2 Å². The zero-order chi connectivity index (χ0) is 24.7. The summed E-state index contributed by atoms with van der Waals surface area (Å²) in [5, 5.41) is 4.56. The van der Waals surface area contributed by atoms with Gasteiger partial charge in [0.2, 0.25) is 10.0 Å². The van der Waals surface area contributed by atoms with E-state index >= 15 is 0 Å². The van der Waals surface area contributed by atoms with Crippen LogP contribution in [-0.2, 0) is 19.5 Å². The molecule has 2 aliphatic rings. The van der Waals surface area contributed by atoms with Crippen LogP contribution >= 0.6 is 27.5 Å². The quantitative estimate of drug-likeness (QED) is 0.430. The number of nitrogens with zero attached hydrogens (tertiary/aromatic N) is 2. The molecular weight excluding hydrogens is 564 g/mol. The molecule has 2 fully saturated rings. The van der Waals surface area contributed by atoms with Crippen LogP contribution in [0.3, 0.4) is 0 Å². The van der Waals surface area contributed by atoms with Crippen LogP contribution in [0.4, 0.5) is 11.5 Å². The average Bonchev–Trinajstić information content (AvgIpc) is 3.38. The van der Waals surface area contributed by atoms with Gasteiger partial charge < -0.3 is 24.3 Å². The highest BCUT2D eigenvalue weighted by Crippen LogP contribution is 2.38. The number of rotatable bonds is 7. The lowest BCUT2D eigenvalue weighted by atomic mass is 10.1. The highest BCUT2D eigenvalue weighted by Gasteiger charge is 2.49. The molecule has 1 unspecified atom stereocenters. The molecule has 0 amide bonds. The number of fused-ring (bicyclic) bond motifs is 2. The number of methoxy groups -OCH3 is 1. The van der Waals surface area contributed by atoms with Gasteiger partial charge in [0.25, 0.3) is 0 Å². The molecule has 0 radical (unpaired) electrons. The molecule has 3 heterocycles. The Bertz CT molecular complexity index is 1380. The van der Waals surface area contributed by atoms with Crippen molar-refractivity contribution in [2.24, 2.45) is 0 Å². The summed E-state index contributed by atoms with van der Waals surface area (Å²) in [7, 11) is -1.84. The van der Waals surface area contributed by atoms with Crippen molar-refractivity contribution in [3.63, 3.8) is 0 Å². The van der Waals surface area contributed by atoms with Crippen molar-refractivity contribution in [2.45, 2.75) is 24.4 Å². The largest absolute Gasteiger partial charge is 0.493 e. The SMILES string of the molecule is COc1cc2c(Nc3ccc(Br)c(Cl)c3)ncnc2cc1O[C@@H]1CO[C@H]2C(NS(C)(=O)=O)CO[C@@H]12. The molecule has 10 nitrogen and oxygen atoms in total. The molecule has 5 rings (SSSR count). The third kappa shape index (κ3) is 5.18. The van der Waals surface area contributed by atoms with Crippen molar-refractivity contribution in [1.29, 1.82) is 0 Å². The van der Waals surface area contributed by atoms with Crippen LogP contribution < -0.4 is 19.5 Å². The summed E-state index contributed by atoms with van der Waals surface area (Å²) in [6.07, 6.45) is 1.27. The summed E-state index contributed by atoms with van der Waals surface area (Å²) in [6.45, 7) is 0.457. The van der Waals surface area contributed by atoms with Crippen LogP contribution in [0.2, 0.25) is 5.02 Å². The molecule has 2 aliphatic heterocycles. The summed E-state index contributed by atoms with van der Waals surface area (Å²) < 4.78 is 50.1. The second-order valence-electron chi connectivity index (χ2n) is 8.25. The van der Waals surface area contributed by atoms with Gasteiger partial charge in [-0.1, -0.05) is 11.6 Å². The van der Waals surface area contributed by atoms with Gasteiger partial charge in [0.1, 0.15) is 24.4 Å². The number of hydrogen-bond donors (Lipinski definition) is 2. The second kappa shape index (κ2) is 9.68. The fourth-order valence-electron chi connectivity index (χ4n) is 4.23. The minimum absolute atomic E-state index is 0.208. The number of aromatic nitrogens is 2. The molecule has 3 aromatic rings. The molecule has 13 heteroatoms. The number of halogens is 2. The van der Waals surface area contributed by atoms with E-state index in [0.29, 0.717) is 27.9 Å².